The van der Waals surface area contributed by atoms with Gasteiger partial charge in [0.15, 0.2) is 0 Å². The van der Waals surface area contributed by atoms with Gasteiger partial charge in [-0.1, -0.05) is 18.6 Å². The molecule has 1 saturated heterocycles. The average molecular weight is 304 g/mol. The topological polar surface area (TPSA) is 6.48 Å². The molecule has 0 bridgehead atoms. The molecule has 1 saturated carbocycles. The van der Waals surface area contributed by atoms with Crippen LogP contribution in [0.5, 0.6) is 0 Å². The third-order valence-electron chi connectivity index (χ3n) is 5.48. The third-order valence-corrected chi connectivity index (χ3v) is 5.48. The standard InChI is InChI=1S/C19H29FN2/c1-21(19-5-2-6-19)14-17-4-3-12-22(15-17)13-11-16-7-9-18(20)10-8-16/h7-10,17,19H,2-6,11-15H2,1H3/t17-/m0/s1. The lowest BCUT2D eigenvalue weighted by molar-refractivity contribution is 0.0979. The predicted octanol–water partition coefficient (Wildman–Crippen LogP) is 3.56. The highest BCUT2D eigenvalue weighted by molar-refractivity contribution is 5.16. The van der Waals surface area contributed by atoms with Gasteiger partial charge in [-0.15, -0.1) is 0 Å². The zero-order valence-corrected chi connectivity index (χ0v) is 13.8. The van der Waals surface area contributed by atoms with Crippen LogP contribution in [-0.4, -0.2) is 49.1 Å². The number of halogens is 1. The number of hydrogen-bond donors (Lipinski definition) is 0. The fourth-order valence-corrected chi connectivity index (χ4v) is 3.83. The van der Waals surface area contributed by atoms with Crippen LogP contribution in [0.1, 0.15) is 37.7 Å². The Morgan fingerprint density at radius 3 is 2.59 bits per heavy atom. The van der Waals surface area contributed by atoms with Crippen molar-refractivity contribution in [1.29, 1.82) is 0 Å². The molecule has 22 heavy (non-hydrogen) atoms. The second-order valence-corrected chi connectivity index (χ2v) is 7.21. The molecule has 1 aromatic rings. The number of likely N-dealkylation sites (tertiary alicyclic amines) is 1. The van der Waals surface area contributed by atoms with Gasteiger partial charge < -0.3 is 9.80 Å². The second-order valence-electron chi connectivity index (χ2n) is 7.21. The van der Waals surface area contributed by atoms with E-state index in [-0.39, 0.29) is 5.82 Å². The maximum absolute atomic E-state index is 12.9. The SMILES string of the molecule is CN(C[C@@H]1CCCN(CCc2ccc(F)cc2)C1)C1CCC1. The maximum atomic E-state index is 12.9. The van der Waals surface area contributed by atoms with Crippen molar-refractivity contribution in [1.82, 2.24) is 9.80 Å². The van der Waals surface area contributed by atoms with E-state index in [9.17, 15) is 4.39 Å². The molecule has 1 aliphatic carbocycles. The maximum Gasteiger partial charge on any atom is 0.123 e. The molecule has 2 aliphatic rings. The third kappa shape index (κ3) is 4.30. The molecule has 0 N–H and O–H groups in total. The molecular weight excluding hydrogens is 275 g/mol. The van der Waals surface area contributed by atoms with Gasteiger partial charge in [0.25, 0.3) is 0 Å². The highest BCUT2D eigenvalue weighted by Gasteiger charge is 2.26. The fraction of sp³-hybridized carbons (Fsp3) is 0.684. The Balaban J connectivity index is 1.42. The Bertz CT molecular complexity index is 455. The van der Waals surface area contributed by atoms with Crippen LogP contribution in [-0.2, 0) is 6.42 Å². The molecule has 1 aliphatic heterocycles. The van der Waals surface area contributed by atoms with Crippen molar-refractivity contribution in [2.24, 2.45) is 5.92 Å². The van der Waals surface area contributed by atoms with Crippen LogP contribution in [0, 0.1) is 11.7 Å². The number of nitrogens with zero attached hydrogens (tertiary/aromatic N) is 2. The van der Waals surface area contributed by atoms with Crippen molar-refractivity contribution >= 4 is 0 Å². The number of rotatable bonds is 6. The summed E-state index contributed by atoms with van der Waals surface area (Å²) < 4.78 is 12.9. The molecule has 122 valence electrons. The molecule has 1 aromatic carbocycles. The van der Waals surface area contributed by atoms with Gasteiger partial charge in [-0.2, -0.15) is 0 Å². The summed E-state index contributed by atoms with van der Waals surface area (Å²) in [6.45, 7) is 4.83. The monoisotopic (exact) mass is 304 g/mol. The van der Waals surface area contributed by atoms with Crippen LogP contribution in [0.15, 0.2) is 24.3 Å². The summed E-state index contributed by atoms with van der Waals surface area (Å²) in [6.07, 6.45) is 7.96. The minimum absolute atomic E-state index is 0.138. The fourth-order valence-electron chi connectivity index (χ4n) is 3.83. The average Bonchev–Trinajstić information content (AvgIpc) is 2.45. The first-order valence-electron chi connectivity index (χ1n) is 8.88. The van der Waals surface area contributed by atoms with Gasteiger partial charge in [0.2, 0.25) is 0 Å². The minimum Gasteiger partial charge on any atom is -0.303 e. The van der Waals surface area contributed by atoms with E-state index in [1.807, 2.05) is 12.1 Å². The molecule has 1 heterocycles. The Kier molecular flexibility index (Phi) is 5.48. The summed E-state index contributed by atoms with van der Waals surface area (Å²) in [7, 11) is 2.31. The van der Waals surface area contributed by atoms with Gasteiger partial charge in [0.1, 0.15) is 5.82 Å². The summed E-state index contributed by atoms with van der Waals surface area (Å²) in [5, 5.41) is 0. The van der Waals surface area contributed by atoms with Crippen LogP contribution < -0.4 is 0 Å². The highest BCUT2D eigenvalue weighted by Crippen LogP contribution is 2.26. The van der Waals surface area contributed by atoms with Crippen molar-refractivity contribution in [3.8, 4) is 0 Å². The Labute approximate surface area is 134 Å². The lowest BCUT2D eigenvalue weighted by Crippen LogP contribution is -2.45. The first-order valence-corrected chi connectivity index (χ1v) is 8.88. The van der Waals surface area contributed by atoms with E-state index in [0.717, 1.165) is 24.9 Å². The van der Waals surface area contributed by atoms with Crippen molar-refractivity contribution in [2.45, 2.75) is 44.6 Å². The van der Waals surface area contributed by atoms with E-state index in [4.69, 9.17) is 0 Å². The van der Waals surface area contributed by atoms with Crippen LogP contribution in [0.25, 0.3) is 0 Å². The van der Waals surface area contributed by atoms with Crippen molar-refractivity contribution in [2.75, 3.05) is 33.2 Å². The summed E-state index contributed by atoms with van der Waals surface area (Å²) in [5.74, 6) is 0.688. The van der Waals surface area contributed by atoms with E-state index >= 15 is 0 Å². The summed E-state index contributed by atoms with van der Waals surface area (Å²) in [5.41, 5.74) is 1.25. The molecule has 0 amide bonds. The quantitative estimate of drug-likeness (QED) is 0.793. The summed E-state index contributed by atoms with van der Waals surface area (Å²) in [4.78, 5) is 5.20. The summed E-state index contributed by atoms with van der Waals surface area (Å²) >= 11 is 0. The minimum atomic E-state index is -0.138. The van der Waals surface area contributed by atoms with E-state index in [1.54, 1.807) is 12.1 Å². The molecule has 2 fully saturated rings. The highest BCUT2D eigenvalue weighted by atomic mass is 19.1. The number of piperidine rings is 1. The van der Waals surface area contributed by atoms with Crippen LogP contribution >= 0.6 is 0 Å². The van der Waals surface area contributed by atoms with Crippen LogP contribution in [0.4, 0.5) is 4.39 Å². The van der Waals surface area contributed by atoms with Gasteiger partial charge in [0, 0.05) is 25.7 Å². The first-order chi connectivity index (χ1) is 10.7. The summed E-state index contributed by atoms with van der Waals surface area (Å²) in [6, 6.07) is 7.83. The normalized spacial score (nSPS) is 23.7. The number of benzene rings is 1. The van der Waals surface area contributed by atoms with Crippen molar-refractivity contribution in [3.63, 3.8) is 0 Å². The Morgan fingerprint density at radius 2 is 1.91 bits per heavy atom. The smallest absolute Gasteiger partial charge is 0.123 e. The predicted molar refractivity (Wildman–Crippen MR) is 89.5 cm³/mol. The van der Waals surface area contributed by atoms with Gasteiger partial charge in [0.05, 0.1) is 0 Å². The molecule has 1 atom stereocenters. The van der Waals surface area contributed by atoms with Crippen molar-refractivity contribution < 1.29 is 4.39 Å². The first kappa shape index (κ1) is 15.9. The largest absolute Gasteiger partial charge is 0.303 e. The van der Waals surface area contributed by atoms with E-state index in [1.165, 1.54) is 57.3 Å². The number of hydrogen-bond acceptors (Lipinski definition) is 2. The Hall–Kier alpha value is -0.930. The van der Waals surface area contributed by atoms with E-state index in [2.05, 4.69) is 16.8 Å². The molecular formula is C19H29FN2. The molecule has 2 nitrogen and oxygen atoms in total. The van der Waals surface area contributed by atoms with Gasteiger partial charge in [-0.3, -0.25) is 0 Å². The second kappa shape index (κ2) is 7.56. The molecule has 0 unspecified atom stereocenters. The molecule has 0 aromatic heterocycles. The van der Waals surface area contributed by atoms with E-state index < -0.39 is 0 Å². The molecule has 3 rings (SSSR count). The molecule has 3 heteroatoms. The molecule has 0 radical (unpaired) electrons. The van der Waals surface area contributed by atoms with Gasteiger partial charge in [-0.25, -0.2) is 4.39 Å². The van der Waals surface area contributed by atoms with E-state index in [0.29, 0.717) is 0 Å². The molecule has 0 spiro atoms. The Morgan fingerprint density at radius 1 is 1.14 bits per heavy atom. The van der Waals surface area contributed by atoms with Crippen LogP contribution in [0.3, 0.4) is 0 Å². The lowest BCUT2D eigenvalue weighted by atomic mass is 9.90. The zero-order chi connectivity index (χ0) is 15.4. The van der Waals surface area contributed by atoms with Crippen molar-refractivity contribution in [3.05, 3.63) is 35.6 Å². The lowest BCUT2D eigenvalue weighted by Gasteiger charge is -2.40. The van der Waals surface area contributed by atoms with Crippen LogP contribution in [0.2, 0.25) is 0 Å². The van der Waals surface area contributed by atoms with Gasteiger partial charge >= 0.3 is 0 Å². The zero-order valence-electron chi connectivity index (χ0n) is 13.8. The van der Waals surface area contributed by atoms with Gasteiger partial charge in [-0.05, 0) is 69.3 Å².